The third-order valence-electron chi connectivity index (χ3n) is 5.37. The van der Waals surface area contributed by atoms with Gasteiger partial charge in [0.15, 0.2) is 0 Å². The highest BCUT2D eigenvalue weighted by Gasteiger charge is 2.37. The normalized spacial score (nSPS) is 16.6. The molecule has 2 aromatic rings. The number of benzene rings is 2. The van der Waals surface area contributed by atoms with E-state index in [2.05, 4.69) is 4.74 Å². The third-order valence-corrected chi connectivity index (χ3v) is 5.37. The Balaban J connectivity index is 1.63. The van der Waals surface area contributed by atoms with Crippen LogP contribution >= 0.6 is 0 Å². The summed E-state index contributed by atoms with van der Waals surface area (Å²) in [4.78, 5) is 22.9. The van der Waals surface area contributed by atoms with Gasteiger partial charge in [0.2, 0.25) is 0 Å². The standard InChI is InChI=1S/C25H23F3O5/c1-32-23(29)14-22(24(30)31)18-7-11-21(12-8-18)33-15-16-3-2-4-19(13-16)17-5-9-20(10-6-17)25(26,27)28/h2-9,11-13,20,22H,10,14-15H2,1H3,(H,30,31)/t20?,22-/m0/s1. The minimum atomic E-state index is -4.24. The van der Waals surface area contributed by atoms with Gasteiger partial charge < -0.3 is 14.6 Å². The summed E-state index contributed by atoms with van der Waals surface area (Å²) in [6.45, 7) is 0.222. The molecule has 0 radical (unpaired) electrons. The Hall–Kier alpha value is -3.55. The highest BCUT2D eigenvalue weighted by Crippen LogP contribution is 2.35. The van der Waals surface area contributed by atoms with Crippen molar-refractivity contribution < 1.29 is 37.3 Å². The Morgan fingerprint density at radius 2 is 1.88 bits per heavy atom. The Labute approximate surface area is 189 Å². The lowest BCUT2D eigenvalue weighted by Crippen LogP contribution is -2.21. The van der Waals surface area contributed by atoms with E-state index >= 15 is 0 Å². The van der Waals surface area contributed by atoms with Crippen LogP contribution < -0.4 is 4.74 Å². The van der Waals surface area contributed by atoms with Crippen molar-refractivity contribution >= 4 is 17.5 Å². The van der Waals surface area contributed by atoms with Crippen LogP contribution in [-0.2, 0) is 20.9 Å². The zero-order valence-corrected chi connectivity index (χ0v) is 17.8. The average molecular weight is 460 g/mol. The lowest BCUT2D eigenvalue weighted by atomic mass is 9.92. The van der Waals surface area contributed by atoms with Crippen molar-refractivity contribution in [1.29, 1.82) is 0 Å². The Morgan fingerprint density at radius 3 is 2.45 bits per heavy atom. The molecular weight excluding hydrogens is 437 g/mol. The number of carboxylic acid groups (broad SMARTS) is 1. The van der Waals surface area contributed by atoms with E-state index < -0.39 is 30.0 Å². The fourth-order valence-corrected chi connectivity index (χ4v) is 3.48. The number of halogens is 3. The first-order chi connectivity index (χ1) is 15.7. The number of rotatable bonds is 8. The number of carboxylic acids is 1. The highest BCUT2D eigenvalue weighted by atomic mass is 19.4. The van der Waals surface area contributed by atoms with Crippen LogP contribution in [0.4, 0.5) is 13.2 Å². The molecule has 8 heteroatoms. The van der Waals surface area contributed by atoms with Crippen molar-refractivity contribution in [3.63, 3.8) is 0 Å². The Morgan fingerprint density at radius 1 is 1.15 bits per heavy atom. The Bertz CT molecular complexity index is 1050. The van der Waals surface area contributed by atoms with Crippen LogP contribution in [0.5, 0.6) is 5.75 Å². The number of alkyl halides is 3. The van der Waals surface area contributed by atoms with Crippen molar-refractivity contribution in [2.45, 2.75) is 31.5 Å². The quantitative estimate of drug-likeness (QED) is 0.526. The summed E-state index contributed by atoms with van der Waals surface area (Å²) in [5.41, 5.74) is 2.82. The van der Waals surface area contributed by atoms with Gasteiger partial charge in [-0.3, -0.25) is 9.59 Å². The molecule has 2 aromatic carbocycles. The van der Waals surface area contributed by atoms with Gasteiger partial charge in [0.1, 0.15) is 12.4 Å². The summed E-state index contributed by atoms with van der Waals surface area (Å²) in [7, 11) is 1.20. The zero-order chi connectivity index (χ0) is 24.0. The maximum absolute atomic E-state index is 12.8. The van der Waals surface area contributed by atoms with Crippen molar-refractivity contribution in [2.24, 2.45) is 5.92 Å². The number of carbonyl (C=O) groups is 2. The second-order valence-corrected chi connectivity index (χ2v) is 7.63. The van der Waals surface area contributed by atoms with Crippen LogP contribution in [0.3, 0.4) is 0 Å². The predicted octanol–water partition coefficient (Wildman–Crippen LogP) is 5.52. The summed E-state index contributed by atoms with van der Waals surface area (Å²) >= 11 is 0. The number of allylic oxidation sites excluding steroid dienone is 4. The molecule has 1 N–H and O–H groups in total. The smallest absolute Gasteiger partial charge is 0.395 e. The molecular formula is C25H23F3O5. The molecule has 1 aliphatic carbocycles. The zero-order valence-electron chi connectivity index (χ0n) is 17.8. The summed E-state index contributed by atoms with van der Waals surface area (Å²) in [6, 6.07) is 13.8. The van der Waals surface area contributed by atoms with Crippen LogP contribution in [-0.4, -0.2) is 30.3 Å². The van der Waals surface area contributed by atoms with E-state index in [4.69, 9.17) is 4.74 Å². The van der Waals surface area contributed by atoms with E-state index in [0.717, 1.165) is 16.7 Å². The molecule has 1 unspecified atom stereocenters. The second-order valence-electron chi connectivity index (χ2n) is 7.63. The monoisotopic (exact) mass is 460 g/mol. The first-order valence-corrected chi connectivity index (χ1v) is 10.2. The number of hydrogen-bond acceptors (Lipinski definition) is 4. The van der Waals surface area contributed by atoms with Crippen LogP contribution in [0.25, 0.3) is 5.57 Å². The molecule has 0 saturated heterocycles. The molecule has 0 bridgehead atoms. The van der Waals surface area contributed by atoms with Crippen molar-refractivity contribution in [1.82, 2.24) is 0 Å². The first-order valence-electron chi connectivity index (χ1n) is 10.2. The van der Waals surface area contributed by atoms with E-state index in [-0.39, 0.29) is 19.4 Å². The molecule has 0 aliphatic heterocycles. The fourth-order valence-electron chi connectivity index (χ4n) is 3.48. The molecule has 174 valence electrons. The van der Waals surface area contributed by atoms with Gasteiger partial charge in [-0.1, -0.05) is 48.6 Å². The number of ether oxygens (including phenoxy) is 2. The van der Waals surface area contributed by atoms with Gasteiger partial charge in [-0.2, -0.15) is 13.2 Å². The maximum atomic E-state index is 12.8. The first kappa shape index (κ1) is 24.1. The summed E-state index contributed by atoms with van der Waals surface area (Å²) in [6.07, 6.45) is -0.335. The second kappa shape index (κ2) is 10.4. The van der Waals surface area contributed by atoms with Gasteiger partial charge in [-0.05, 0) is 46.9 Å². The van der Waals surface area contributed by atoms with Gasteiger partial charge in [-0.15, -0.1) is 0 Å². The molecule has 0 spiro atoms. The molecule has 0 aromatic heterocycles. The van der Waals surface area contributed by atoms with Gasteiger partial charge in [0, 0.05) is 0 Å². The fraction of sp³-hybridized carbons (Fsp3) is 0.280. The SMILES string of the molecule is COC(=O)C[C@H](C(=O)O)c1ccc(OCc2cccc(C3=CCC(C(F)(F)F)C=C3)c2)cc1. The number of methoxy groups -OCH3 is 1. The third kappa shape index (κ3) is 6.47. The molecule has 1 aliphatic rings. The predicted molar refractivity (Wildman–Crippen MR) is 116 cm³/mol. The molecule has 2 atom stereocenters. The minimum absolute atomic E-state index is 0.0876. The lowest BCUT2D eigenvalue weighted by molar-refractivity contribution is -0.160. The molecule has 3 rings (SSSR count). The van der Waals surface area contributed by atoms with Crippen LogP contribution in [0.15, 0.2) is 66.8 Å². The van der Waals surface area contributed by atoms with Crippen molar-refractivity contribution in [3.05, 3.63) is 83.4 Å². The highest BCUT2D eigenvalue weighted by molar-refractivity contribution is 5.83. The van der Waals surface area contributed by atoms with Gasteiger partial charge in [0.25, 0.3) is 0 Å². The van der Waals surface area contributed by atoms with E-state index in [0.29, 0.717) is 11.3 Å². The molecule has 0 amide bonds. The summed E-state index contributed by atoms with van der Waals surface area (Å²) < 4.78 is 48.8. The van der Waals surface area contributed by atoms with E-state index in [1.54, 1.807) is 30.3 Å². The topological polar surface area (TPSA) is 72.8 Å². The van der Waals surface area contributed by atoms with Gasteiger partial charge in [0.05, 0.1) is 25.4 Å². The maximum Gasteiger partial charge on any atom is 0.395 e. The molecule has 5 nitrogen and oxygen atoms in total. The van der Waals surface area contributed by atoms with E-state index in [1.807, 2.05) is 24.3 Å². The van der Waals surface area contributed by atoms with E-state index in [9.17, 15) is 27.9 Å². The largest absolute Gasteiger partial charge is 0.489 e. The molecule has 0 saturated carbocycles. The molecule has 0 fully saturated rings. The van der Waals surface area contributed by atoms with Crippen molar-refractivity contribution in [3.8, 4) is 5.75 Å². The van der Waals surface area contributed by atoms with Gasteiger partial charge >= 0.3 is 18.1 Å². The number of carbonyl (C=O) groups excluding carboxylic acids is 1. The lowest BCUT2D eigenvalue weighted by Gasteiger charge is -2.19. The molecule has 33 heavy (non-hydrogen) atoms. The number of aliphatic carboxylic acids is 1. The summed E-state index contributed by atoms with van der Waals surface area (Å²) in [5, 5.41) is 9.38. The summed E-state index contributed by atoms with van der Waals surface area (Å²) in [5.74, 6) is -3.70. The molecule has 0 heterocycles. The minimum Gasteiger partial charge on any atom is -0.489 e. The number of hydrogen-bond donors (Lipinski definition) is 1. The Kier molecular flexibility index (Phi) is 7.58. The van der Waals surface area contributed by atoms with Crippen LogP contribution in [0.2, 0.25) is 0 Å². The van der Waals surface area contributed by atoms with E-state index in [1.165, 1.54) is 19.3 Å². The van der Waals surface area contributed by atoms with Crippen LogP contribution in [0, 0.1) is 5.92 Å². The van der Waals surface area contributed by atoms with Crippen LogP contribution in [0.1, 0.15) is 35.4 Å². The van der Waals surface area contributed by atoms with Crippen molar-refractivity contribution in [2.75, 3.05) is 7.11 Å². The average Bonchev–Trinajstić information content (AvgIpc) is 2.81. The van der Waals surface area contributed by atoms with Gasteiger partial charge in [-0.25, -0.2) is 0 Å². The number of esters is 1.